The highest BCUT2D eigenvalue weighted by molar-refractivity contribution is 5.91. The van der Waals surface area contributed by atoms with Crippen LogP contribution in [0.1, 0.15) is 19.4 Å². The van der Waals surface area contributed by atoms with Gasteiger partial charge in [0.15, 0.2) is 0 Å². The van der Waals surface area contributed by atoms with Gasteiger partial charge in [0.2, 0.25) is 5.91 Å². The van der Waals surface area contributed by atoms with Gasteiger partial charge in [-0.05, 0) is 29.7 Å². The van der Waals surface area contributed by atoms with Crippen LogP contribution < -0.4 is 15.8 Å². The first-order valence-corrected chi connectivity index (χ1v) is 5.95. The van der Waals surface area contributed by atoms with E-state index in [1.54, 1.807) is 19.2 Å². The molecule has 4 heteroatoms. The summed E-state index contributed by atoms with van der Waals surface area (Å²) in [6.45, 7) is 4.80. The van der Waals surface area contributed by atoms with E-state index in [-0.39, 0.29) is 5.91 Å². The number of anilines is 1. The number of nitrogen functional groups attached to an aromatic ring is 1. The number of carbonyl (C=O) groups excluding carboxylic acids is 1. The highest BCUT2D eigenvalue weighted by Crippen LogP contribution is 2.23. The largest absolute Gasteiger partial charge is 0.491 e. The van der Waals surface area contributed by atoms with Crippen molar-refractivity contribution in [1.29, 1.82) is 0 Å². The Kier molecular flexibility index (Phi) is 5.24. The predicted molar refractivity (Wildman–Crippen MR) is 74.3 cm³/mol. The Hall–Kier alpha value is -1.97. The molecule has 0 unspecified atom stereocenters. The molecule has 4 nitrogen and oxygen atoms in total. The molecule has 18 heavy (non-hydrogen) atoms. The Bertz CT molecular complexity index is 439. The summed E-state index contributed by atoms with van der Waals surface area (Å²) in [5.74, 6) is 0.992. The molecule has 0 aromatic heterocycles. The zero-order valence-corrected chi connectivity index (χ0v) is 11.1. The quantitative estimate of drug-likeness (QED) is 0.619. The fourth-order valence-electron chi connectivity index (χ4n) is 1.31. The number of benzene rings is 1. The second kappa shape index (κ2) is 6.69. The first kappa shape index (κ1) is 14.1. The van der Waals surface area contributed by atoms with Crippen LogP contribution in [0.2, 0.25) is 0 Å². The first-order chi connectivity index (χ1) is 8.52. The van der Waals surface area contributed by atoms with E-state index in [0.717, 1.165) is 5.56 Å². The Balaban J connectivity index is 2.73. The van der Waals surface area contributed by atoms with Crippen molar-refractivity contribution in [3.8, 4) is 5.75 Å². The van der Waals surface area contributed by atoms with Gasteiger partial charge >= 0.3 is 0 Å². The summed E-state index contributed by atoms with van der Waals surface area (Å²) in [6.07, 6.45) is 3.17. The van der Waals surface area contributed by atoms with Crippen LogP contribution in [0.5, 0.6) is 5.75 Å². The molecule has 1 rings (SSSR count). The minimum absolute atomic E-state index is 0.145. The second-order valence-electron chi connectivity index (χ2n) is 4.45. The molecule has 1 amide bonds. The van der Waals surface area contributed by atoms with Crippen LogP contribution in [0.25, 0.3) is 6.08 Å². The summed E-state index contributed by atoms with van der Waals surface area (Å²) < 4.78 is 5.57. The molecule has 0 heterocycles. The van der Waals surface area contributed by atoms with E-state index >= 15 is 0 Å². The van der Waals surface area contributed by atoms with Gasteiger partial charge in [-0.25, -0.2) is 0 Å². The molecule has 98 valence electrons. The lowest BCUT2D eigenvalue weighted by molar-refractivity contribution is -0.115. The lowest BCUT2D eigenvalue weighted by atomic mass is 10.1. The molecule has 0 saturated heterocycles. The van der Waals surface area contributed by atoms with Crippen LogP contribution in [0.3, 0.4) is 0 Å². The number of carbonyl (C=O) groups is 1. The maximum Gasteiger partial charge on any atom is 0.243 e. The van der Waals surface area contributed by atoms with Gasteiger partial charge in [0, 0.05) is 13.1 Å². The Morgan fingerprint density at radius 1 is 1.50 bits per heavy atom. The first-order valence-electron chi connectivity index (χ1n) is 5.95. The molecular formula is C14H20N2O2. The molecule has 0 atom stereocenters. The maximum atomic E-state index is 11.1. The van der Waals surface area contributed by atoms with E-state index in [0.29, 0.717) is 24.0 Å². The molecule has 0 radical (unpaired) electrons. The summed E-state index contributed by atoms with van der Waals surface area (Å²) >= 11 is 0. The van der Waals surface area contributed by atoms with E-state index in [1.807, 2.05) is 12.1 Å². The number of nitrogens with one attached hydrogen (secondary N) is 1. The molecule has 0 fully saturated rings. The Labute approximate surface area is 108 Å². The minimum atomic E-state index is -0.145. The van der Waals surface area contributed by atoms with E-state index in [2.05, 4.69) is 19.2 Å². The molecule has 0 bridgehead atoms. The van der Waals surface area contributed by atoms with Crippen molar-refractivity contribution in [2.75, 3.05) is 19.4 Å². The highest BCUT2D eigenvalue weighted by Gasteiger charge is 2.02. The van der Waals surface area contributed by atoms with Gasteiger partial charge in [-0.2, -0.15) is 0 Å². The number of hydrogen-bond acceptors (Lipinski definition) is 3. The summed E-state index contributed by atoms with van der Waals surface area (Å²) in [7, 11) is 1.59. The average molecular weight is 248 g/mol. The van der Waals surface area contributed by atoms with Crippen molar-refractivity contribution in [3.05, 3.63) is 29.8 Å². The molecule has 0 aliphatic carbocycles. The molecule has 0 saturated carbocycles. The van der Waals surface area contributed by atoms with Crippen LogP contribution in [0, 0.1) is 5.92 Å². The zero-order valence-electron chi connectivity index (χ0n) is 11.1. The Morgan fingerprint density at radius 2 is 2.22 bits per heavy atom. The van der Waals surface area contributed by atoms with Crippen molar-refractivity contribution in [1.82, 2.24) is 5.32 Å². The van der Waals surface area contributed by atoms with Crippen molar-refractivity contribution >= 4 is 17.7 Å². The van der Waals surface area contributed by atoms with Crippen LogP contribution in [0.15, 0.2) is 24.3 Å². The lowest BCUT2D eigenvalue weighted by Crippen LogP contribution is -2.13. The molecule has 0 aliphatic heterocycles. The van der Waals surface area contributed by atoms with Gasteiger partial charge < -0.3 is 15.8 Å². The van der Waals surface area contributed by atoms with E-state index < -0.39 is 0 Å². The van der Waals surface area contributed by atoms with Crippen molar-refractivity contribution in [3.63, 3.8) is 0 Å². The molecule has 3 N–H and O–H groups in total. The smallest absolute Gasteiger partial charge is 0.243 e. The third-order valence-corrected chi connectivity index (χ3v) is 2.28. The maximum absolute atomic E-state index is 11.1. The highest BCUT2D eigenvalue weighted by atomic mass is 16.5. The van der Waals surface area contributed by atoms with Crippen molar-refractivity contribution in [2.45, 2.75) is 13.8 Å². The third kappa shape index (κ3) is 4.49. The van der Waals surface area contributed by atoms with Crippen molar-refractivity contribution in [2.24, 2.45) is 5.92 Å². The summed E-state index contributed by atoms with van der Waals surface area (Å²) in [5.41, 5.74) is 7.33. The number of rotatable bonds is 5. The van der Waals surface area contributed by atoms with Gasteiger partial charge in [0.1, 0.15) is 5.75 Å². The summed E-state index contributed by atoms with van der Waals surface area (Å²) in [5, 5.41) is 2.51. The zero-order chi connectivity index (χ0) is 13.5. The predicted octanol–water partition coefficient (Wildman–Crippen LogP) is 2.06. The molecule has 1 aromatic carbocycles. The van der Waals surface area contributed by atoms with E-state index in [9.17, 15) is 4.79 Å². The fraction of sp³-hybridized carbons (Fsp3) is 0.357. The summed E-state index contributed by atoms with van der Waals surface area (Å²) in [6, 6.07) is 5.47. The monoisotopic (exact) mass is 248 g/mol. The summed E-state index contributed by atoms with van der Waals surface area (Å²) in [4.78, 5) is 11.1. The SMILES string of the molecule is CNC(=O)/C=C\c1ccc(OCC(C)C)c(N)c1. The fourth-order valence-corrected chi connectivity index (χ4v) is 1.31. The topological polar surface area (TPSA) is 64.3 Å². The van der Waals surface area contributed by atoms with E-state index in [1.165, 1.54) is 6.08 Å². The van der Waals surface area contributed by atoms with Gasteiger partial charge in [-0.15, -0.1) is 0 Å². The van der Waals surface area contributed by atoms with Gasteiger partial charge in [0.05, 0.1) is 12.3 Å². The standard InChI is InChI=1S/C14H20N2O2/c1-10(2)9-18-13-6-4-11(8-12(13)15)5-7-14(17)16-3/h4-8,10H,9,15H2,1-3H3,(H,16,17)/b7-5-. The lowest BCUT2D eigenvalue weighted by Gasteiger charge is -2.11. The van der Waals surface area contributed by atoms with Gasteiger partial charge in [-0.1, -0.05) is 19.9 Å². The van der Waals surface area contributed by atoms with Gasteiger partial charge in [0.25, 0.3) is 0 Å². The van der Waals surface area contributed by atoms with Crippen LogP contribution >= 0.6 is 0 Å². The van der Waals surface area contributed by atoms with Crippen LogP contribution in [-0.2, 0) is 4.79 Å². The molecule has 1 aromatic rings. The number of ether oxygens (including phenoxy) is 1. The molecular weight excluding hydrogens is 228 g/mol. The van der Waals surface area contributed by atoms with Crippen LogP contribution in [0.4, 0.5) is 5.69 Å². The average Bonchev–Trinajstić information content (AvgIpc) is 2.34. The van der Waals surface area contributed by atoms with E-state index in [4.69, 9.17) is 10.5 Å². The third-order valence-electron chi connectivity index (χ3n) is 2.28. The van der Waals surface area contributed by atoms with Gasteiger partial charge in [-0.3, -0.25) is 4.79 Å². The normalized spacial score (nSPS) is 10.9. The minimum Gasteiger partial charge on any atom is -0.491 e. The Morgan fingerprint density at radius 3 is 2.78 bits per heavy atom. The number of nitrogens with two attached hydrogens (primary N) is 1. The molecule has 0 spiro atoms. The number of amides is 1. The molecule has 0 aliphatic rings. The number of hydrogen-bond donors (Lipinski definition) is 2. The second-order valence-corrected chi connectivity index (χ2v) is 4.45. The number of likely N-dealkylation sites (N-methyl/N-ethyl adjacent to an activating group) is 1. The van der Waals surface area contributed by atoms with Crippen molar-refractivity contribution < 1.29 is 9.53 Å². The van der Waals surface area contributed by atoms with Crippen LogP contribution in [-0.4, -0.2) is 19.6 Å².